The first-order valence-electron chi connectivity index (χ1n) is 5.73. The molecule has 0 aliphatic carbocycles. The number of aromatic nitrogens is 3. The van der Waals surface area contributed by atoms with Gasteiger partial charge in [-0.2, -0.15) is 5.10 Å². The largest absolute Gasteiger partial charge is 0.383 e. The van der Waals surface area contributed by atoms with Gasteiger partial charge in [0, 0.05) is 25.3 Å². The molecular weight excluding hydrogens is 214 g/mol. The Kier molecular flexibility index (Phi) is 2.53. The maximum absolute atomic E-state index is 4.15. The van der Waals surface area contributed by atoms with E-state index in [1.54, 1.807) is 17.3 Å². The molecule has 2 heterocycles. The van der Waals surface area contributed by atoms with Crippen LogP contribution in [0.15, 0.2) is 30.9 Å². The summed E-state index contributed by atoms with van der Waals surface area (Å²) in [5, 5.41) is 7.59. The van der Waals surface area contributed by atoms with Gasteiger partial charge in [0.2, 0.25) is 0 Å². The second kappa shape index (κ2) is 4.18. The van der Waals surface area contributed by atoms with Crippen LogP contribution in [-0.4, -0.2) is 39.8 Å². The van der Waals surface area contributed by atoms with E-state index in [1.807, 2.05) is 0 Å². The van der Waals surface area contributed by atoms with Gasteiger partial charge in [0.25, 0.3) is 0 Å². The number of hydrogen-bond donors (Lipinski definition) is 1. The minimum atomic E-state index is 0.963. The first kappa shape index (κ1) is 10.3. The number of nitrogens with one attached hydrogen (secondary N) is 1. The number of likely N-dealkylation sites (N-methyl/N-ethyl adjacent to an activating group) is 1. The predicted molar refractivity (Wildman–Crippen MR) is 66.2 cm³/mol. The zero-order valence-corrected chi connectivity index (χ0v) is 9.80. The smallest absolute Gasteiger partial charge is 0.138 e. The second-order valence-corrected chi connectivity index (χ2v) is 4.35. The van der Waals surface area contributed by atoms with Gasteiger partial charge >= 0.3 is 0 Å². The first-order valence-corrected chi connectivity index (χ1v) is 5.73. The quantitative estimate of drug-likeness (QED) is 0.796. The third-order valence-corrected chi connectivity index (χ3v) is 3.02. The number of benzene rings is 1. The summed E-state index contributed by atoms with van der Waals surface area (Å²) >= 11 is 0. The fourth-order valence-corrected chi connectivity index (χ4v) is 2.12. The molecular formula is C12H15N5. The molecule has 0 fully saturated rings. The van der Waals surface area contributed by atoms with Crippen molar-refractivity contribution >= 4 is 5.69 Å². The zero-order chi connectivity index (χ0) is 11.7. The van der Waals surface area contributed by atoms with Crippen LogP contribution in [0.5, 0.6) is 0 Å². The molecule has 0 radical (unpaired) electrons. The van der Waals surface area contributed by atoms with Crippen LogP contribution in [0.3, 0.4) is 0 Å². The molecule has 17 heavy (non-hydrogen) atoms. The van der Waals surface area contributed by atoms with Crippen molar-refractivity contribution in [2.75, 3.05) is 25.5 Å². The lowest BCUT2D eigenvalue weighted by molar-refractivity contribution is 0.346. The summed E-state index contributed by atoms with van der Waals surface area (Å²) in [7, 11) is 2.14. The van der Waals surface area contributed by atoms with E-state index in [9.17, 15) is 0 Å². The van der Waals surface area contributed by atoms with Gasteiger partial charge in [-0.05, 0) is 30.8 Å². The fourth-order valence-electron chi connectivity index (χ4n) is 2.12. The van der Waals surface area contributed by atoms with Gasteiger partial charge in [0.1, 0.15) is 12.7 Å². The Hall–Kier alpha value is -1.88. The summed E-state index contributed by atoms with van der Waals surface area (Å²) in [5.74, 6) is 0. The monoisotopic (exact) mass is 229 g/mol. The standard InChI is InChI=1S/C12H15N5/c1-16-5-4-14-12-3-2-11(6-10(12)7-16)17-9-13-8-15-17/h2-3,6,8-9,14H,4-5,7H2,1H3. The molecule has 0 spiro atoms. The molecule has 0 atom stereocenters. The molecule has 1 aromatic heterocycles. The Morgan fingerprint density at radius 2 is 2.29 bits per heavy atom. The van der Waals surface area contributed by atoms with E-state index in [0.29, 0.717) is 0 Å². The van der Waals surface area contributed by atoms with Crippen molar-refractivity contribution in [1.82, 2.24) is 19.7 Å². The molecule has 1 aromatic carbocycles. The first-order chi connectivity index (χ1) is 8.33. The lowest BCUT2D eigenvalue weighted by Crippen LogP contribution is -2.20. The number of hydrogen-bond acceptors (Lipinski definition) is 4. The predicted octanol–water partition coefficient (Wildman–Crippen LogP) is 1.12. The molecule has 0 bridgehead atoms. The van der Waals surface area contributed by atoms with Gasteiger partial charge in [0.05, 0.1) is 5.69 Å². The van der Waals surface area contributed by atoms with Gasteiger partial charge in [-0.15, -0.1) is 0 Å². The summed E-state index contributed by atoms with van der Waals surface area (Å²) in [6.07, 6.45) is 3.27. The van der Waals surface area contributed by atoms with Crippen molar-refractivity contribution in [1.29, 1.82) is 0 Å². The van der Waals surface area contributed by atoms with Gasteiger partial charge in [0.15, 0.2) is 0 Å². The Morgan fingerprint density at radius 1 is 1.35 bits per heavy atom. The molecule has 1 aliphatic rings. The Labute approximate surface area is 100 Å². The third kappa shape index (κ3) is 2.01. The van der Waals surface area contributed by atoms with Crippen LogP contribution in [0.4, 0.5) is 5.69 Å². The van der Waals surface area contributed by atoms with E-state index >= 15 is 0 Å². The van der Waals surface area contributed by atoms with Gasteiger partial charge in [-0.1, -0.05) is 0 Å². The van der Waals surface area contributed by atoms with Crippen molar-refractivity contribution in [3.8, 4) is 5.69 Å². The molecule has 0 saturated carbocycles. The zero-order valence-electron chi connectivity index (χ0n) is 9.80. The Morgan fingerprint density at radius 3 is 3.12 bits per heavy atom. The minimum Gasteiger partial charge on any atom is -0.383 e. The maximum Gasteiger partial charge on any atom is 0.138 e. The third-order valence-electron chi connectivity index (χ3n) is 3.02. The fraction of sp³-hybridized carbons (Fsp3) is 0.333. The molecule has 0 unspecified atom stereocenters. The van der Waals surface area contributed by atoms with Gasteiger partial charge in [-0.3, -0.25) is 0 Å². The van der Waals surface area contributed by atoms with Crippen LogP contribution < -0.4 is 5.32 Å². The average molecular weight is 229 g/mol. The molecule has 88 valence electrons. The molecule has 5 nitrogen and oxygen atoms in total. The van der Waals surface area contributed by atoms with Crippen molar-refractivity contribution in [2.24, 2.45) is 0 Å². The topological polar surface area (TPSA) is 46.0 Å². The van der Waals surface area contributed by atoms with Crippen LogP contribution in [0.2, 0.25) is 0 Å². The number of rotatable bonds is 1. The van der Waals surface area contributed by atoms with E-state index in [4.69, 9.17) is 0 Å². The van der Waals surface area contributed by atoms with Crippen LogP contribution in [0.1, 0.15) is 5.56 Å². The van der Waals surface area contributed by atoms with Gasteiger partial charge in [-0.25, -0.2) is 9.67 Å². The van der Waals surface area contributed by atoms with E-state index in [1.165, 1.54) is 11.3 Å². The van der Waals surface area contributed by atoms with E-state index < -0.39 is 0 Å². The molecule has 0 saturated heterocycles. The Balaban J connectivity index is 2.00. The van der Waals surface area contributed by atoms with Crippen LogP contribution in [0.25, 0.3) is 5.69 Å². The normalized spacial score (nSPS) is 16.1. The van der Waals surface area contributed by atoms with Crippen LogP contribution in [-0.2, 0) is 6.54 Å². The highest BCUT2D eigenvalue weighted by Gasteiger charge is 2.11. The molecule has 1 aliphatic heterocycles. The highest BCUT2D eigenvalue weighted by molar-refractivity contribution is 5.56. The van der Waals surface area contributed by atoms with Crippen LogP contribution >= 0.6 is 0 Å². The molecule has 2 aromatic rings. The van der Waals surface area contributed by atoms with Crippen molar-refractivity contribution in [2.45, 2.75) is 6.54 Å². The molecule has 0 amide bonds. The summed E-state index contributed by atoms with van der Waals surface area (Å²) in [6.45, 7) is 3.02. The lowest BCUT2D eigenvalue weighted by Gasteiger charge is -2.13. The van der Waals surface area contributed by atoms with Gasteiger partial charge < -0.3 is 10.2 Å². The molecule has 5 heteroatoms. The SMILES string of the molecule is CN1CCNc2ccc(-n3cncn3)cc2C1. The second-order valence-electron chi connectivity index (χ2n) is 4.35. The summed E-state index contributed by atoms with van der Waals surface area (Å²) in [4.78, 5) is 6.28. The number of nitrogens with zero attached hydrogens (tertiary/aromatic N) is 4. The van der Waals surface area contributed by atoms with E-state index in [0.717, 1.165) is 25.3 Å². The highest BCUT2D eigenvalue weighted by atomic mass is 15.3. The average Bonchev–Trinajstić information content (AvgIpc) is 2.78. The number of fused-ring (bicyclic) bond motifs is 1. The minimum absolute atomic E-state index is 0.963. The number of anilines is 1. The van der Waals surface area contributed by atoms with E-state index in [2.05, 4.69) is 45.5 Å². The van der Waals surface area contributed by atoms with Crippen molar-refractivity contribution in [3.05, 3.63) is 36.4 Å². The van der Waals surface area contributed by atoms with Crippen molar-refractivity contribution in [3.63, 3.8) is 0 Å². The lowest BCUT2D eigenvalue weighted by atomic mass is 10.1. The van der Waals surface area contributed by atoms with Crippen molar-refractivity contribution < 1.29 is 0 Å². The highest BCUT2D eigenvalue weighted by Crippen LogP contribution is 2.22. The summed E-state index contributed by atoms with van der Waals surface area (Å²) < 4.78 is 1.78. The Bertz CT molecular complexity index is 506. The molecule has 3 rings (SSSR count). The maximum atomic E-state index is 4.15. The van der Waals surface area contributed by atoms with Crippen LogP contribution in [0, 0.1) is 0 Å². The van der Waals surface area contributed by atoms with E-state index in [-0.39, 0.29) is 0 Å². The summed E-state index contributed by atoms with van der Waals surface area (Å²) in [6, 6.07) is 6.34. The summed E-state index contributed by atoms with van der Waals surface area (Å²) in [5.41, 5.74) is 3.58. The molecule has 1 N–H and O–H groups in total.